The summed E-state index contributed by atoms with van der Waals surface area (Å²) in [5, 5.41) is 2.46. The van der Waals surface area contributed by atoms with E-state index >= 15 is 0 Å². The second kappa shape index (κ2) is 5.25. The summed E-state index contributed by atoms with van der Waals surface area (Å²) >= 11 is 1.38. The maximum atomic E-state index is 13.8. The molecule has 1 aromatic carbocycles. The minimum Gasteiger partial charge on any atom is -0.496 e. The van der Waals surface area contributed by atoms with Crippen molar-refractivity contribution in [3.8, 4) is 16.3 Å². The molecule has 0 atom stereocenters. The highest BCUT2D eigenvalue weighted by Gasteiger charge is 2.15. The molecule has 0 amide bonds. The fourth-order valence-electron chi connectivity index (χ4n) is 1.52. The van der Waals surface area contributed by atoms with Gasteiger partial charge in [-0.1, -0.05) is 6.07 Å². The van der Waals surface area contributed by atoms with Gasteiger partial charge in [0.15, 0.2) is 0 Å². The summed E-state index contributed by atoms with van der Waals surface area (Å²) in [7, 11) is 3.12. The van der Waals surface area contributed by atoms with Gasteiger partial charge < -0.3 is 9.47 Å². The van der Waals surface area contributed by atoms with E-state index in [0.29, 0.717) is 22.9 Å². The molecule has 2 rings (SSSR count). The van der Waals surface area contributed by atoms with Gasteiger partial charge >= 0.3 is 0 Å². The van der Waals surface area contributed by atoms with E-state index in [0.717, 1.165) is 5.69 Å². The van der Waals surface area contributed by atoms with E-state index in [4.69, 9.17) is 9.47 Å². The van der Waals surface area contributed by atoms with E-state index in [-0.39, 0.29) is 5.82 Å². The van der Waals surface area contributed by atoms with Gasteiger partial charge in [0.05, 0.1) is 25.0 Å². The van der Waals surface area contributed by atoms with Gasteiger partial charge in [-0.05, 0) is 12.1 Å². The summed E-state index contributed by atoms with van der Waals surface area (Å²) in [6.45, 7) is 0.424. The quantitative estimate of drug-likeness (QED) is 0.839. The largest absolute Gasteiger partial charge is 0.496 e. The van der Waals surface area contributed by atoms with Crippen LogP contribution < -0.4 is 4.74 Å². The third kappa shape index (κ3) is 2.45. The molecule has 5 heteroatoms. The van der Waals surface area contributed by atoms with Crippen molar-refractivity contribution in [1.82, 2.24) is 4.98 Å². The van der Waals surface area contributed by atoms with E-state index in [1.807, 2.05) is 5.38 Å². The molecule has 0 fully saturated rings. The number of nitrogens with zero attached hydrogens (tertiary/aromatic N) is 1. The fourth-order valence-corrected chi connectivity index (χ4v) is 2.37. The standard InChI is InChI=1S/C12H12FNO2S/c1-15-6-8-7-17-12(14-8)11-9(13)4-3-5-10(11)16-2/h3-5,7H,6H2,1-2H3. The second-order valence-electron chi connectivity index (χ2n) is 3.39. The average molecular weight is 253 g/mol. The van der Waals surface area contributed by atoms with Crippen LogP contribution in [-0.4, -0.2) is 19.2 Å². The predicted molar refractivity (Wildman–Crippen MR) is 64.8 cm³/mol. The zero-order valence-electron chi connectivity index (χ0n) is 9.57. The van der Waals surface area contributed by atoms with Gasteiger partial charge in [0.25, 0.3) is 0 Å². The Balaban J connectivity index is 2.44. The summed E-state index contributed by atoms with van der Waals surface area (Å²) in [6, 6.07) is 4.73. The molecule has 0 unspecified atom stereocenters. The highest BCUT2D eigenvalue weighted by Crippen LogP contribution is 2.34. The summed E-state index contributed by atoms with van der Waals surface area (Å²) in [4.78, 5) is 4.31. The maximum Gasteiger partial charge on any atom is 0.137 e. The van der Waals surface area contributed by atoms with Crippen LogP contribution in [0.15, 0.2) is 23.6 Å². The predicted octanol–water partition coefficient (Wildman–Crippen LogP) is 3.10. The van der Waals surface area contributed by atoms with Crippen LogP contribution in [0.1, 0.15) is 5.69 Å². The number of aromatic nitrogens is 1. The van der Waals surface area contributed by atoms with Gasteiger partial charge in [0, 0.05) is 12.5 Å². The van der Waals surface area contributed by atoms with E-state index in [1.54, 1.807) is 19.2 Å². The number of hydrogen-bond donors (Lipinski definition) is 0. The highest BCUT2D eigenvalue weighted by atomic mass is 32.1. The molecule has 0 N–H and O–H groups in total. The van der Waals surface area contributed by atoms with Crippen LogP contribution in [0.2, 0.25) is 0 Å². The topological polar surface area (TPSA) is 31.4 Å². The van der Waals surface area contributed by atoms with Crippen molar-refractivity contribution in [2.75, 3.05) is 14.2 Å². The molecule has 1 heterocycles. The van der Waals surface area contributed by atoms with Crippen molar-refractivity contribution < 1.29 is 13.9 Å². The van der Waals surface area contributed by atoms with Crippen molar-refractivity contribution in [1.29, 1.82) is 0 Å². The van der Waals surface area contributed by atoms with Crippen LogP contribution in [0.25, 0.3) is 10.6 Å². The number of rotatable bonds is 4. The van der Waals surface area contributed by atoms with Crippen LogP contribution >= 0.6 is 11.3 Å². The van der Waals surface area contributed by atoms with E-state index in [9.17, 15) is 4.39 Å². The Morgan fingerprint density at radius 3 is 2.88 bits per heavy atom. The number of benzene rings is 1. The lowest BCUT2D eigenvalue weighted by Crippen LogP contribution is -1.92. The lowest BCUT2D eigenvalue weighted by molar-refractivity contribution is 0.182. The van der Waals surface area contributed by atoms with Crippen molar-refractivity contribution >= 4 is 11.3 Å². The monoisotopic (exact) mass is 253 g/mol. The highest BCUT2D eigenvalue weighted by molar-refractivity contribution is 7.13. The zero-order chi connectivity index (χ0) is 12.3. The van der Waals surface area contributed by atoms with Gasteiger partial charge in [-0.3, -0.25) is 0 Å². The molecule has 90 valence electrons. The molecule has 0 bridgehead atoms. The second-order valence-corrected chi connectivity index (χ2v) is 4.25. The zero-order valence-corrected chi connectivity index (χ0v) is 10.4. The number of methoxy groups -OCH3 is 2. The molecule has 0 aliphatic carbocycles. The maximum absolute atomic E-state index is 13.8. The van der Waals surface area contributed by atoms with Gasteiger partial charge in [-0.25, -0.2) is 9.37 Å². The van der Waals surface area contributed by atoms with Crippen LogP contribution in [0.3, 0.4) is 0 Å². The summed E-state index contributed by atoms with van der Waals surface area (Å²) in [6.07, 6.45) is 0. The van der Waals surface area contributed by atoms with Gasteiger partial charge in [-0.15, -0.1) is 11.3 Å². The van der Waals surface area contributed by atoms with Gasteiger partial charge in [-0.2, -0.15) is 0 Å². The Hall–Kier alpha value is -1.46. The molecule has 3 nitrogen and oxygen atoms in total. The third-order valence-corrected chi connectivity index (χ3v) is 3.16. The molecule has 17 heavy (non-hydrogen) atoms. The first-order valence-corrected chi connectivity index (χ1v) is 5.90. The lowest BCUT2D eigenvalue weighted by Gasteiger charge is -2.06. The number of hydrogen-bond acceptors (Lipinski definition) is 4. The number of halogens is 1. The fraction of sp³-hybridized carbons (Fsp3) is 0.250. The average Bonchev–Trinajstić information content (AvgIpc) is 2.77. The van der Waals surface area contributed by atoms with Crippen molar-refractivity contribution in [3.63, 3.8) is 0 Å². The Morgan fingerprint density at radius 2 is 2.18 bits per heavy atom. The molecular formula is C12H12FNO2S. The Morgan fingerprint density at radius 1 is 1.35 bits per heavy atom. The van der Waals surface area contributed by atoms with Gasteiger partial charge in [0.1, 0.15) is 16.6 Å². The molecule has 0 aliphatic rings. The molecule has 2 aromatic rings. The first-order valence-electron chi connectivity index (χ1n) is 5.02. The molecule has 0 spiro atoms. The van der Waals surface area contributed by atoms with E-state index < -0.39 is 0 Å². The summed E-state index contributed by atoms with van der Waals surface area (Å²) in [5.74, 6) is 0.158. The van der Waals surface area contributed by atoms with E-state index in [2.05, 4.69) is 4.98 Å². The third-order valence-electron chi connectivity index (χ3n) is 2.25. The molecular weight excluding hydrogens is 241 g/mol. The van der Waals surface area contributed by atoms with Gasteiger partial charge in [0.2, 0.25) is 0 Å². The Labute approximate surface area is 103 Å². The summed E-state index contributed by atoms with van der Waals surface area (Å²) in [5.41, 5.74) is 1.19. The van der Waals surface area contributed by atoms with Crippen LogP contribution in [-0.2, 0) is 11.3 Å². The molecule has 0 aliphatic heterocycles. The first-order chi connectivity index (χ1) is 8.26. The minimum absolute atomic E-state index is 0.331. The van der Waals surface area contributed by atoms with Crippen molar-refractivity contribution in [2.45, 2.75) is 6.61 Å². The van der Waals surface area contributed by atoms with Crippen LogP contribution in [0, 0.1) is 5.82 Å². The van der Waals surface area contributed by atoms with Crippen molar-refractivity contribution in [2.24, 2.45) is 0 Å². The summed E-state index contributed by atoms with van der Waals surface area (Å²) < 4.78 is 23.9. The first kappa shape index (κ1) is 12.0. The Bertz CT molecular complexity index is 513. The lowest BCUT2D eigenvalue weighted by atomic mass is 10.2. The number of thiazole rings is 1. The minimum atomic E-state index is -0.331. The normalized spacial score (nSPS) is 10.5. The molecule has 0 radical (unpaired) electrons. The van der Waals surface area contributed by atoms with Crippen molar-refractivity contribution in [3.05, 3.63) is 35.1 Å². The Kier molecular flexibility index (Phi) is 3.71. The number of ether oxygens (including phenoxy) is 2. The SMILES string of the molecule is COCc1csc(-c2c(F)cccc2OC)n1. The molecule has 0 saturated carbocycles. The van der Waals surface area contributed by atoms with E-state index in [1.165, 1.54) is 24.5 Å². The van der Waals surface area contributed by atoms with Crippen LogP contribution in [0.5, 0.6) is 5.75 Å². The smallest absolute Gasteiger partial charge is 0.137 e. The molecule has 0 saturated heterocycles. The molecule has 1 aromatic heterocycles. The van der Waals surface area contributed by atoms with Crippen LogP contribution in [0.4, 0.5) is 4.39 Å².